The Labute approximate surface area is 131 Å². The predicted octanol–water partition coefficient (Wildman–Crippen LogP) is 2.33. The first kappa shape index (κ1) is 17.7. The van der Waals surface area contributed by atoms with Crippen molar-refractivity contribution in [1.82, 2.24) is 10.2 Å². The summed E-state index contributed by atoms with van der Waals surface area (Å²) >= 11 is 0. The lowest BCUT2D eigenvalue weighted by molar-refractivity contribution is -0.133. The lowest BCUT2D eigenvalue weighted by Crippen LogP contribution is -2.42. The third-order valence-electron chi connectivity index (χ3n) is 3.21. The minimum Gasteiger partial charge on any atom is -0.341 e. The molecule has 118 valence electrons. The summed E-state index contributed by atoms with van der Waals surface area (Å²) in [6.07, 6.45) is 0. The molecule has 0 fully saturated rings. The minimum absolute atomic E-state index is 0.0386. The molecule has 0 atom stereocenters. The van der Waals surface area contributed by atoms with E-state index >= 15 is 0 Å². The van der Waals surface area contributed by atoms with E-state index in [0.717, 1.165) is 5.56 Å². The lowest BCUT2D eigenvalue weighted by Gasteiger charge is -2.20. The molecule has 1 N–H and O–H groups in total. The highest BCUT2D eigenvalue weighted by Crippen LogP contribution is 2.10. The van der Waals surface area contributed by atoms with Gasteiger partial charge in [0.1, 0.15) is 5.54 Å². The molecule has 0 saturated heterocycles. The second kappa shape index (κ2) is 7.08. The highest BCUT2D eigenvalue weighted by molar-refractivity contribution is 5.94. The van der Waals surface area contributed by atoms with Gasteiger partial charge in [0.25, 0.3) is 5.91 Å². The molecule has 2 amide bonds. The fraction of sp³-hybridized carbons (Fsp3) is 0.471. The maximum Gasteiger partial charge on any atom is 0.252 e. The first-order valence-electron chi connectivity index (χ1n) is 7.24. The van der Waals surface area contributed by atoms with E-state index < -0.39 is 5.54 Å². The van der Waals surface area contributed by atoms with E-state index in [9.17, 15) is 9.59 Å². The number of hydrogen-bond donors (Lipinski definition) is 1. The van der Waals surface area contributed by atoms with Crippen molar-refractivity contribution in [3.63, 3.8) is 0 Å². The standard InChI is InChI=1S/C17H23N3O2/c1-12(2)16(22)20(5)10-13-6-8-14(9-7-13)15(21)19-17(3,4)11-18/h6-9,12H,10H2,1-5H3,(H,19,21). The molecule has 1 rings (SSSR count). The predicted molar refractivity (Wildman–Crippen MR) is 84.9 cm³/mol. The number of carbonyl (C=O) groups is 2. The maximum atomic E-state index is 12.0. The van der Waals surface area contributed by atoms with Gasteiger partial charge in [-0.2, -0.15) is 5.26 Å². The van der Waals surface area contributed by atoms with Gasteiger partial charge in [-0.3, -0.25) is 9.59 Å². The second-order valence-corrected chi connectivity index (χ2v) is 6.24. The fourth-order valence-electron chi connectivity index (χ4n) is 1.94. The minimum atomic E-state index is -0.903. The van der Waals surface area contributed by atoms with Crippen molar-refractivity contribution in [2.45, 2.75) is 39.8 Å². The molecule has 0 unspecified atom stereocenters. The first-order valence-corrected chi connectivity index (χ1v) is 7.24. The van der Waals surface area contributed by atoms with Gasteiger partial charge in [0.05, 0.1) is 6.07 Å². The van der Waals surface area contributed by atoms with E-state index in [1.807, 2.05) is 32.0 Å². The van der Waals surface area contributed by atoms with Crippen molar-refractivity contribution in [1.29, 1.82) is 5.26 Å². The van der Waals surface area contributed by atoms with Crippen molar-refractivity contribution in [3.05, 3.63) is 35.4 Å². The van der Waals surface area contributed by atoms with Crippen molar-refractivity contribution in [3.8, 4) is 6.07 Å². The molecule has 0 spiro atoms. The van der Waals surface area contributed by atoms with Crippen LogP contribution < -0.4 is 5.32 Å². The van der Waals surface area contributed by atoms with E-state index in [1.165, 1.54) is 0 Å². The highest BCUT2D eigenvalue weighted by Gasteiger charge is 2.20. The van der Waals surface area contributed by atoms with Crippen LogP contribution in [0.2, 0.25) is 0 Å². The van der Waals surface area contributed by atoms with E-state index in [-0.39, 0.29) is 17.7 Å². The Hall–Kier alpha value is -2.35. The second-order valence-electron chi connectivity index (χ2n) is 6.24. The zero-order valence-corrected chi connectivity index (χ0v) is 13.8. The summed E-state index contributed by atoms with van der Waals surface area (Å²) in [6, 6.07) is 9.06. The molecule has 0 bridgehead atoms. The Morgan fingerprint density at radius 2 is 1.82 bits per heavy atom. The Morgan fingerprint density at radius 3 is 2.27 bits per heavy atom. The van der Waals surface area contributed by atoms with E-state index in [0.29, 0.717) is 12.1 Å². The third-order valence-corrected chi connectivity index (χ3v) is 3.21. The van der Waals surface area contributed by atoms with Crippen LogP contribution in [-0.4, -0.2) is 29.3 Å². The number of nitriles is 1. The summed E-state index contributed by atoms with van der Waals surface area (Å²) < 4.78 is 0. The van der Waals surface area contributed by atoms with Gasteiger partial charge in [-0.15, -0.1) is 0 Å². The SMILES string of the molecule is CC(C)C(=O)N(C)Cc1ccc(C(=O)NC(C)(C)C#N)cc1. The van der Waals surface area contributed by atoms with Gasteiger partial charge >= 0.3 is 0 Å². The van der Waals surface area contributed by atoms with Crippen LogP contribution in [0.25, 0.3) is 0 Å². The molecule has 0 radical (unpaired) electrons. The summed E-state index contributed by atoms with van der Waals surface area (Å²) in [5, 5.41) is 11.6. The Balaban J connectivity index is 2.73. The van der Waals surface area contributed by atoms with Crippen LogP contribution in [-0.2, 0) is 11.3 Å². The van der Waals surface area contributed by atoms with Gasteiger partial charge in [0.2, 0.25) is 5.91 Å². The number of nitrogens with zero attached hydrogens (tertiary/aromatic N) is 2. The van der Waals surface area contributed by atoms with Gasteiger partial charge < -0.3 is 10.2 Å². The summed E-state index contributed by atoms with van der Waals surface area (Å²) in [5.41, 5.74) is 0.539. The van der Waals surface area contributed by atoms with Crippen LogP contribution in [0.5, 0.6) is 0 Å². The van der Waals surface area contributed by atoms with Gasteiger partial charge in [-0.1, -0.05) is 26.0 Å². The van der Waals surface area contributed by atoms with Gasteiger partial charge in [0.15, 0.2) is 0 Å². The third kappa shape index (κ3) is 4.88. The van der Waals surface area contributed by atoms with Gasteiger partial charge in [-0.25, -0.2) is 0 Å². The van der Waals surface area contributed by atoms with Crippen molar-refractivity contribution in [2.75, 3.05) is 7.05 Å². The number of amides is 2. The number of benzene rings is 1. The largest absolute Gasteiger partial charge is 0.341 e. The number of nitrogens with one attached hydrogen (secondary N) is 1. The molecule has 5 heteroatoms. The average Bonchev–Trinajstić information content (AvgIpc) is 2.46. The van der Waals surface area contributed by atoms with Crippen LogP contribution in [0.15, 0.2) is 24.3 Å². The Kier molecular flexibility index (Phi) is 5.69. The normalized spacial score (nSPS) is 11.0. The Bertz CT molecular complexity index is 583. The van der Waals surface area contributed by atoms with Crippen LogP contribution >= 0.6 is 0 Å². The van der Waals surface area contributed by atoms with Crippen molar-refractivity contribution < 1.29 is 9.59 Å². The highest BCUT2D eigenvalue weighted by atomic mass is 16.2. The topological polar surface area (TPSA) is 73.2 Å². The van der Waals surface area contributed by atoms with E-state index in [4.69, 9.17) is 5.26 Å². The Morgan fingerprint density at radius 1 is 1.27 bits per heavy atom. The number of carbonyl (C=O) groups excluding carboxylic acids is 2. The van der Waals surface area contributed by atoms with Crippen molar-refractivity contribution in [2.24, 2.45) is 5.92 Å². The molecule has 1 aromatic rings. The molecular weight excluding hydrogens is 278 g/mol. The van der Waals surface area contributed by atoms with E-state index in [1.54, 1.807) is 37.9 Å². The molecule has 0 aliphatic carbocycles. The average molecular weight is 301 g/mol. The quantitative estimate of drug-likeness (QED) is 0.907. The monoisotopic (exact) mass is 301 g/mol. The summed E-state index contributed by atoms with van der Waals surface area (Å²) in [7, 11) is 1.76. The smallest absolute Gasteiger partial charge is 0.252 e. The van der Waals surface area contributed by atoms with E-state index in [2.05, 4.69) is 5.32 Å². The molecule has 0 heterocycles. The first-order chi connectivity index (χ1) is 10.2. The molecule has 0 aliphatic heterocycles. The number of rotatable bonds is 5. The van der Waals surface area contributed by atoms with Crippen molar-refractivity contribution >= 4 is 11.8 Å². The lowest BCUT2D eigenvalue weighted by atomic mass is 10.1. The molecular formula is C17H23N3O2. The molecule has 0 aliphatic rings. The molecule has 22 heavy (non-hydrogen) atoms. The summed E-state index contributed by atoms with van der Waals surface area (Å²) in [5.74, 6) is -0.245. The molecule has 1 aromatic carbocycles. The molecule has 0 aromatic heterocycles. The zero-order valence-electron chi connectivity index (χ0n) is 13.8. The molecule has 0 saturated carbocycles. The maximum absolute atomic E-state index is 12.0. The van der Waals surface area contributed by atoms with Gasteiger partial charge in [0, 0.05) is 25.1 Å². The van der Waals surface area contributed by atoms with Gasteiger partial charge in [-0.05, 0) is 31.5 Å². The summed E-state index contributed by atoms with van der Waals surface area (Å²) in [4.78, 5) is 25.5. The number of hydrogen-bond acceptors (Lipinski definition) is 3. The molecule has 5 nitrogen and oxygen atoms in total. The van der Waals surface area contributed by atoms with Crippen LogP contribution in [0, 0.1) is 17.2 Å². The van der Waals surface area contributed by atoms with Crippen LogP contribution in [0.4, 0.5) is 0 Å². The van der Waals surface area contributed by atoms with Crippen LogP contribution in [0.1, 0.15) is 43.6 Å². The summed E-state index contributed by atoms with van der Waals surface area (Å²) in [6.45, 7) is 7.52. The zero-order chi connectivity index (χ0) is 16.9. The fourth-order valence-corrected chi connectivity index (χ4v) is 1.94. The van der Waals surface area contributed by atoms with Crippen LogP contribution in [0.3, 0.4) is 0 Å².